The molecular weight excluding hydrogens is 508 g/mol. The third-order valence-electron chi connectivity index (χ3n) is 5.86. The molecule has 0 saturated heterocycles. The summed E-state index contributed by atoms with van der Waals surface area (Å²) >= 11 is 6.53. The minimum Gasteiger partial charge on any atom is -0.493 e. The minimum absolute atomic E-state index is 0.176. The highest BCUT2D eigenvalue weighted by molar-refractivity contribution is 6.38. The van der Waals surface area contributed by atoms with Gasteiger partial charge in [0, 0.05) is 24.2 Å². The van der Waals surface area contributed by atoms with Gasteiger partial charge in [-0.05, 0) is 49.4 Å². The van der Waals surface area contributed by atoms with Crippen LogP contribution in [0.15, 0.2) is 60.9 Å². The molecule has 11 nitrogen and oxygen atoms in total. The van der Waals surface area contributed by atoms with Gasteiger partial charge in [-0.15, -0.1) is 5.10 Å². The first kappa shape index (κ1) is 25.0. The molecule has 1 amide bonds. The number of ether oxygens (including phenoxy) is 2. The van der Waals surface area contributed by atoms with Crippen LogP contribution in [-0.4, -0.2) is 49.6 Å². The zero-order valence-electron chi connectivity index (χ0n) is 20.9. The van der Waals surface area contributed by atoms with Crippen molar-refractivity contribution < 1.29 is 14.3 Å². The number of anilines is 2. The van der Waals surface area contributed by atoms with Gasteiger partial charge < -0.3 is 20.1 Å². The predicted octanol–water partition coefficient (Wildman–Crippen LogP) is 4.42. The molecule has 0 saturated carbocycles. The monoisotopic (exact) mass is 532 g/mol. The molecule has 2 aromatic carbocycles. The van der Waals surface area contributed by atoms with Gasteiger partial charge in [0.15, 0.2) is 23.9 Å². The minimum atomic E-state index is -0.274. The molecule has 0 aliphatic heterocycles. The van der Waals surface area contributed by atoms with Gasteiger partial charge in [0.2, 0.25) is 5.95 Å². The normalized spacial score (nSPS) is 11.8. The highest BCUT2D eigenvalue weighted by Gasteiger charge is 2.16. The van der Waals surface area contributed by atoms with Gasteiger partial charge in [0.05, 0.1) is 41.3 Å². The average molecular weight is 533 g/mol. The van der Waals surface area contributed by atoms with Gasteiger partial charge in [-0.2, -0.15) is 10.1 Å². The second-order valence-electron chi connectivity index (χ2n) is 8.46. The molecule has 0 spiro atoms. The Kier molecular flexibility index (Phi) is 7.09. The first-order chi connectivity index (χ1) is 18.4. The van der Waals surface area contributed by atoms with E-state index in [2.05, 4.69) is 35.9 Å². The van der Waals surface area contributed by atoms with Crippen molar-refractivity contribution in [1.29, 1.82) is 0 Å². The van der Waals surface area contributed by atoms with Gasteiger partial charge in [0.25, 0.3) is 5.91 Å². The lowest BCUT2D eigenvalue weighted by Crippen LogP contribution is -2.31. The topological polar surface area (TPSA) is 132 Å². The van der Waals surface area contributed by atoms with Crippen molar-refractivity contribution in [2.45, 2.75) is 13.0 Å². The SMILES string of the molecule is COc1cc(-c2nc(Nc3ccc4[nH]ncc4c3Cl)n(C)n2)ccc1OCC(=O)NC(C)c1ccccn1. The van der Waals surface area contributed by atoms with Crippen LogP contribution < -0.4 is 20.1 Å². The Morgan fingerprint density at radius 3 is 2.84 bits per heavy atom. The van der Waals surface area contributed by atoms with E-state index in [1.165, 1.54) is 7.11 Å². The lowest BCUT2D eigenvalue weighted by Gasteiger charge is -2.15. The molecule has 194 valence electrons. The fourth-order valence-electron chi connectivity index (χ4n) is 3.87. The zero-order valence-corrected chi connectivity index (χ0v) is 21.7. The molecule has 38 heavy (non-hydrogen) atoms. The van der Waals surface area contributed by atoms with Crippen molar-refractivity contribution in [3.05, 3.63) is 71.6 Å². The van der Waals surface area contributed by atoms with Gasteiger partial charge >= 0.3 is 0 Å². The fraction of sp³-hybridized carbons (Fsp3) is 0.192. The van der Waals surface area contributed by atoms with Gasteiger partial charge in [-0.1, -0.05) is 17.7 Å². The molecule has 0 aliphatic carbocycles. The number of hydrogen-bond acceptors (Lipinski definition) is 8. The number of nitrogens with zero attached hydrogens (tertiary/aromatic N) is 5. The summed E-state index contributed by atoms with van der Waals surface area (Å²) in [5.41, 5.74) is 3.00. The summed E-state index contributed by atoms with van der Waals surface area (Å²) in [5.74, 6) is 1.57. The number of aromatic amines is 1. The van der Waals surface area contributed by atoms with Crippen LogP contribution in [-0.2, 0) is 11.8 Å². The smallest absolute Gasteiger partial charge is 0.258 e. The Hall–Kier alpha value is -4.64. The number of methoxy groups -OCH3 is 1. The molecule has 5 rings (SSSR count). The lowest BCUT2D eigenvalue weighted by atomic mass is 10.2. The molecule has 3 N–H and O–H groups in total. The third-order valence-corrected chi connectivity index (χ3v) is 6.26. The number of pyridine rings is 1. The number of nitrogens with one attached hydrogen (secondary N) is 3. The number of carbonyl (C=O) groups excluding carboxylic acids is 1. The Morgan fingerprint density at radius 1 is 1.18 bits per heavy atom. The summed E-state index contributed by atoms with van der Waals surface area (Å²) in [4.78, 5) is 21.3. The molecule has 3 aromatic heterocycles. The molecule has 5 aromatic rings. The molecule has 0 fully saturated rings. The van der Waals surface area contributed by atoms with E-state index < -0.39 is 0 Å². The number of carbonyl (C=O) groups is 1. The summed E-state index contributed by atoms with van der Waals surface area (Å²) in [6.07, 6.45) is 3.36. The van der Waals surface area contributed by atoms with Gasteiger partial charge in [-0.25, -0.2) is 4.68 Å². The van der Waals surface area contributed by atoms with E-state index in [1.807, 2.05) is 37.3 Å². The lowest BCUT2D eigenvalue weighted by molar-refractivity contribution is -0.123. The zero-order chi connectivity index (χ0) is 26.6. The highest BCUT2D eigenvalue weighted by Crippen LogP contribution is 2.34. The number of hydrogen-bond donors (Lipinski definition) is 3. The maximum atomic E-state index is 12.4. The maximum absolute atomic E-state index is 12.4. The van der Waals surface area contributed by atoms with Crippen molar-refractivity contribution >= 4 is 40.0 Å². The number of fused-ring (bicyclic) bond motifs is 1. The number of halogens is 1. The van der Waals surface area contributed by atoms with Crippen molar-refractivity contribution in [3.63, 3.8) is 0 Å². The molecule has 1 atom stereocenters. The first-order valence-electron chi connectivity index (χ1n) is 11.7. The van der Waals surface area contributed by atoms with Crippen LogP contribution in [0.3, 0.4) is 0 Å². The molecule has 0 radical (unpaired) electrons. The van der Waals surface area contributed by atoms with Crippen LogP contribution in [0.5, 0.6) is 11.5 Å². The number of benzene rings is 2. The summed E-state index contributed by atoms with van der Waals surface area (Å²) in [6, 6.07) is 14.3. The third kappa shape index (κ3) is 5.23. The van der Waals surface area contributed by atoms with E-state index >= 15 is 0 Å². The maximum Gasteiger partial charge on any atom is 0.258 e. The summed E-state index contributed by atoms with van der Waals surface area (Å²) in [7, 11) is 3.31. The van der Waals surface area contributed by atoms with Gasteiger partial charge in [0.1, 0.15) is 0 Å². The molecule has 0 bridgehead atoms. The number of aromatic nitrogens is 6. The van der Waals surface area contributed by atoms with Gasteiger partial charge in [-0.3, -0.25) is 14.9 Å². The van der Waals surface area contributed by atoms with E-state index in [9.17, 15) is 4.79 Å². The predicted molar refractivity (Wildman–Crippen MR) is 144 cm³/mol. The second kappa shape index (κ2) is 10.8. The Balaban J connectivity index is 1.27. The number of aryl methyl sites for hydroxylation is 1. The quantitative estimate of drug-likeness (QED) is 0.254. The number of H-pyrrole nitrogens is 1. The van der Waals surface area contributed by atoms with E-state index in [1.54, 1.807) is 42.3 Å². The van der Waals surface area contributed by atoms with Crippen molar-refractivity contribution in [3.8, 4) is 22.9 Å². The van der Waals surface area contributed by atoms with E-state index in [0.29, 0.717) is 39.5 Å². The molecule has 0 aliphatic rings. The van der Waals surface area contributed by atoms with Crippen molar-refractivity contribution in [2.24, 2.45) is 7.05 Å². The molecular formula is C26H25ClN8O3. The highest BCUT2D eigenvalue weighted by atomic mass is 35.5. The van der Waals surface area contributed by atoms with Crippen LogP contribution >= 0.6 is 11.6 Å². The average Bonchev–Trinajstić information content (AvgIpc) is 3.56. The summed E-state index contributed by atoms with van der Waals surface area (Å²) < 4.78 is 12.9. The Labute approximate surface area is 223 Å². The summed E-state index contributed by atoms with van der Waals surface area (Å²) in [5, 5.41) is 18.9. The molecule has 12 heteroatoms. The second-order valence-corrected chi connectivity index (χ2v) is 8.84. The standard InChI is InChI=1S/C26H25ClN8O3/c1-15(18-6-4-5-11-28-18)30-23(36)14-38-21-10-7-16(12-22(21)37-3)25-32-26(35(2)34-25)31-20-9-8-19-17(24(20)27)13-29-33-19/h4-13,15H,14H2,1-3H3,(H,29,33)(H,30,36)(H,31,32,34). The first-order valence-corrected chi connectivity index (χ1v) is 12.1. The number of rotatable bonds is 9. The van der Waals surface area contributed by atoms with Crippen LogP contribution in [0.4, 0.5) is 11.6 Å². The number of amides is 1. The van der Waals surface area contributed by atoms with Crippen LogP contribution in [0.1, 0.15) is 18.7 Å². The molecule has 1 unspecified atom stereocenters. The van der Waals surface area contributed by atoms with Crippen molar-refractivity contribution in [2.75, 3.05) is 19.0 Å². The summed E-state index contributed by atoms with van der Waals surface area (Å²) in [6.45, 7) is 1.69. The van der Waals surface area contributed by atoms with Crippen molar-refractivity contribution in [1.82, 2.24) is 35.3 Å². The largest absolute Gasteiger partial charge is 0.493 e. The Morgan fingerprint density at radius 2 is 2.05 bits per heavy atom. The van der Waals surface area contributed by atoms with E-state index in [4.69, 9.17) is 21.1 Å². The van der Waals surface area contributed by atoms with Crippen LogP contribution in [0.2, 0.25) is 5.02 Å². The van der Waals surface area contributed by atoms with E-state index in [-0.39, 0.29) is 18.6 Å². The molecule has 3 heterocycles. The fourth-order valence-corrected chi connectivity index (χ4v) is 4.13. The van der Waals surface area contributed by atoms with Crippen LogP contribution in [0.25, 0.3) is 22.3 Å². The van der Waals surface area contributed by atoms with Crippen LogP contribution in [0, 0.1) is 0 Å². The van der Waals surface area contributed by atoms with E-state index in [0.717, 1.165) is 16.6 Å². The Bertz CT molecular complexity index is 1580.